The van der Waals surface area contributed by atoms with Crippen LogP contribution < -0.4 is 10.2 Å². The molecule has 0 fully saturated rings. The molecule has 2 rings (SSSR count). The highest BCUT2D eigenvalue weighted by Gasteiger charge is 2.24. The zero-order valence-corrected chi connectivity index (χ0v) is 14.1. The highest BCUT2D eigenvalue weighted by atomic mass is 16.5. The van der Waals surface area contributed by atoms with E-state index in [9.17, 15) is 4.79 Å². The topological polar surface area (TPSA) is 42.1 Å². The van der Waals surface area contributed by atoms with Gasteiger partial charge in [0.1, 0.15) is 0 Å². The zero-order valence-electron chi connectivity index (χ0n) is 14.1. The molecule has 0 bridgehead atoms. The van der Waals surface area contributed by atoms with Crippen molar-refractivity contribution in [3.8, 4) is 5.75 Å². The van der Waals surface area contributed by atoms with Crippen molar-refractivity contribution in [3.05, 3.63) is 63.6 Å². The molecule has 1 aromatic carbocycles. The number of nitrogens with one attached hydrogen (secondary N) is 1. The predicted molar refractivity (Wildman–Crippen MR) is 90.9 cm³/mol. The highest BCUT2D eigenvalue weighted by molar-refractivity contribution is 5.37. The number of rotatable bonds is 4. The van der Waals surface area contributed by atoms with Gasteiger partial charge in [-0.2, -0.15) is 0 Å². The Kier molecular flexibility index (Phi) is 4.74. The number of hydrogen-bond donors (Lipinski definition) is 1. The van der Waals surface area contributed by atoms with E-state index in [0.717, 1.165) is 17.8 Å². The average Bonchev–Trinajstić information content (AvgIpc) is 2.47. The Morgan fingerprint density at radius 3 is 2.32 bits per heavy atom. The first kappa shape index (κ1) is 16.3. The summed E-state index contributed by atoms with van der Waals surface area (Å²) in [6, 6.07) is 12.0. The van der Waals surface area contributed by atoms with Gasteiger partial charge < -0.3 is 9.72 Å². The molecule has 1 N–H and O–H groups in total. The maximum atomic E-state index is 12.4. The second kappa shape index (κ2) is 6.39. The van der Waals surface area contributed by atoms with E-state index >= 15 is 0 Å². The lowest BCUT2D eigenvalue weighted by atomic mass is 9.88. The Bertz CT molecular complexity index is 681. The maximum absolute atomic E-state index is 12.4. The summed E-state index contributed by atoms with van der Waals surface area (Å²) >= 11 is 0. The standard InChI is InChI=1S/C19H25NO2/c1-6-14(13-10-8-7-9-11-13)15-12-16(21)17(22-5)18(20-15)19(2,3)4/h7-12,14H,6H2,1-5H3,(H,20,21)/t14-/m1/s1. The number of aromatic amines is 1. The van der Waals surface area contributed by atoms with Crippen LogP contribution in [0.1, 0.15) is 57.0 Å². The molecule has 0 unspecified atom stereocenters. The number of H-pyrrole nitrogens is 1. The highest BCUT2D eigenvalue weighted by Crippen LogP contribution is 2.31. The van der Waals surface area contributed by atoms with Crippen molar-refractivity contribution >= 4 is 0 Å². The molecule has 1 aromatic heterocycles. The lowest BCUT2D eigenvalue weighted by Crippen LogP contribution is -2.22. The number of ether oxygens (including phenoxy) is 1. The molecule has 0 saturated carbocycles. The van der Waals surface area contributed by atoms with Crippen molar-refractivity contribution in [1.29, 1.82) is 0 Å². The van der Waals surface area contributed by atoms with Gasteiger partial charge in [-0.15, -0.1) is 0 Å². The summed E-state index contributed by atoms with van der Waals surface area (Å²) in [5.74, 6) is 0.597. The van der Waals surface area contributed by atoms with Gasteiger partial charge in [-0.3, -0.25) is 4.79 Å². The normalized spacial score (nSPS) is 13.0. The van der Waals surface area contributed by atoms with Crippen molar-refractivity contribution in [3.63, 3.8) is 0 Å². The quantitative estimate of drug-likeness (QED) is 0.918. The van der Waals surface area contributed by atoms with E-state index in [-0.39, 0.29) is 16.8 Å². The van der Waals surface area contributed by atoms with Gasteiger partial charge >= 0.3 is 0 Å². The van der Waals surface area contributed by atoms with Gasteiger partial charge in [-0.25, -0.2) is 0 Å². The molecule has 1 heterocycles. The maximum Gasteiger partial charge on any atom is 0.223 e. The third-order valence-corrected chi connectivity index (χ3v) is 3.95. The van der Waals surface area contributed by atoms with E-state index in [4.69, 9.17) is 4.74 Å². The van der Waals surface area contributed by atoms with Gasteiger partial charge in [-0.05, 0) is 12.0 Å². The van der Waals surface area contributed by atoms with Crippen LogP contribution in [0.25, 0.3) is 0 Å². The van der Waals surface area contributed by atoms with Gasteiger partial charge in [0.15, 0.2) is 5.75 Å². The molecule has 0 spiro atoms. The van der Waals surface area contributed by atoms with Crippen molar-refractivity contribution in [2.75, 3.05) is 7.11 Å². The fraction of sp³-hybridized carbons (Fsp3) is 0.421. The van der Waals surface area contributed by atoms with Crippen molar-refractivity contribution in [2.24, 2.45) is 0 Å². The fourth-order valence-electron chi connectivity index (χ4n) is 2.81. The molecule has 118 valence electrons. The third-order valence-electron chi connectivity index (χ3n) is 3.95. The summed E-state index contributed by atoms with van der Waals surface area (Å²) in [5.41, 5.74) is 2.77. The average molecular weight is 299 g/mol. The Labute approximate surface area is 132 Å². The second-order valence-electron chi connectivity index (χ2n) is 6.62. The largest absolute Gasteiger partial charge is 0.491 e. The molecule has 0 aliphatic carbocycles. The van der Waals surface area contributed by atoms with E-state index < -0.39 is 0 Å². The molecule has 3 nitrogen and oxygen atoms in total. The van der Waals surface area contributed by atoms with Crippen LogP contribution in [0.3, 0.4) is 0 Å². The van der Waals surface area contributed by atoms with Crippen LogP contribution in [0.2, 0.25) is 0 Å². The summed E-state index contributed by atoms with van der Waals surface area (Å²) in [7, 11) is 1.55. The van der Waals surface area contributed by atoms with Gasteiger partial charge in [0, 0.05) is 23.1 Å². The molecular weight excluding hydrogens is 274 g/mol. The molecule has 22 heavy (non-hydrogen) atoms. The Morgan fingerprint density at radius 2 is 1.82 bits per heavy atom. The van der Waals surface area contributed by atoms with E-state index in [1.165, 1.54) is 5.56 Å². The summed E-state index contributed by atoms with van der Waals surface area (Å²) in [6.07, 6.45) is 0.926. The summed E-state index contributed by atoms with van der Waals surface area (Å²) < 4.78 is 5.33. The Morgan fingerprint density at radius 1 is 1.18 bits per heavy atom. The number of methoxy groups -OCH3 is 1. The van der Waals surface area contributed by atoms with Gasteiger partial charge in [0.05, 0.1) is 12.8 Å². The van der Waals surface area contributed by atoms with Crippen LogP contribution in [0.4, 0.5) is 0 Å². The van der Waals surface area contributed by atoms with Crippen LogP contribution in [0, 0.1) is 0 Å². The van der Waals surface area contributed by atoms with Crippen molar-refractivity contribution in [2.45, 2.75) is 45.4 Å². The van der Waals surface area contributed by atoms with E-state index in [2.05, 4.69) is 44.8 Å². The van der Waals surface area contributed by atoms with Crippen LogP contribution in [0.15, 0.2) is 41.2 Å². The van der Waals surface area contributed by atoms with Crippen LogP contribution >= 0.6 is 0 Å². The molecule has 0 aliphatic rings. The Balaban J connectivity index is 2.61. The summed E-state index contributed by atoms with van der Waals surface area (Å²) in [4.78, 5) is 15.9. The number of pyridine rings is 1. The zero-order chi connectivity index (χ0) is 16.3. The van der Waals surface area contributed by atoms with Gasteiger partial charge in [-0.1, -0.05) is 58.0 Å². The van der Waals surface area contributed by atoms with Crippen LogP contribution in [-0.2, 0) is 5.41 Å². The SMILES string of the molecule is CC[C@H](c1ccccc1)c1cc(=O)c(OC)c(C(C)(C)C)[nH]1. The summed E-state index contributed by atoms with van der Waals surface area (Å²) in [5, 5.41) is 0. The van der Waals surface area contributed by atoms with E-state index in [1.807, 2.05) is 18.2 Å². The second-order valence-corrected chi connectivity index (χ2v) is 6.62. The predicted octanol–water partition coefficient (Wildman–Crippen LogP) is 4.22. The molecule has 3 heteroatoms. The third kappa shape index (κ3) is 3.24. The summed E-state index contributed by atoms with van der Waals surface area (Å²) in [6.45, 7) is 8.37. The minimum Gasteiger partial charge on any atom is -0.491 e. The van der Waals surface area contributed by atoms with Gasteiger partial charge in [0.25, 0.3) is 0 Å². The van der Waals surface area contributed by atoms with Gasteiger partial charge in [0.2, 0.25) is 5.43 Å². The molecule has 1 atom stereocenters. The molecular formula is C19H25NO2. The lowest BCUT2D eigenvalue weighted by Gasteiger charge is -2.24. The molecule has 0 aliphatic heterocycles. The first-order chi connectivity index (χ1) is 10.4. The fourth-order valence-corrected chi connectivity index (χ4v) is 2.81. The first-order valence-corrected chi connectivity index (χ1v) is 7.75. The molecule has 0 amide bonds. The smallest absolute Gasteiger partial charge is 0.223 e. The molecule has 0 saturated heterocycles. The lowest BCUT2D eigenvalue weighted by molar-refractivity contribution is 0.387. The monoisotopic (exact) mass is 299 g/mol. The van der Waals surface area contributed by atoms with E-state index in [1.54, 1.807) is 13.2 Å². The van der Waals surface area contributed by atoms with Crippen molar-refractivity contribution in [1.82, 2.24) is 4.98 Å². The van der Waals surface area contributed by atoms with Crippen LogP contribution in [0.5, 0.6) is 5.75 Å². The number of benzene rings is 1. The molecule has 0 radical (unpaired) electrons. The minimum absolute atomic E-state index is 0.0597. The van der Waals surface area contributed by atoms with E-state index in [0.29, 0.717) is 5.75 Å². The Hall–Kier alpha value is -2.03. The van der Waals surface area contributed by atoms with Crippen LogP contribution in [-0.4, -0.2) is 12.1 Å². The first-order valence-electron chi connectivity index (χ1n) is 7.75. The number of hydrogen-bond acceptors (Lipinski definition) is 2. The molecule has 2 aromatic rings. The minimum atomic E-state index is -0.185. The van der Waals surface area contributed by atoms with Crippen molar-refractivity contribution < 1.29 is 4.74 Å². The number of aromatic nitrogens is 1.